The van der Waals surface area contributed by atoms with Gasteiger partial charge in [0.2, 0.25) is 0 Å². The van der Waals surface area contributed by atoms with Gasteiger partial charge in [0.1, 0.15) is 0 Å². The topological polar surface area (TPSA) is 17.1 Å². The van der Waals surface area contributed by atoms with E-state index in [0.29, 0.717) is 11.5 Å². The molecule has 0 saturated carbocycles. The Morgan fingerprint density at radius 3 is 2.62 bits per heavy atom. The third-order valence-electron chi connectivity index (χ3n) is 2.98. The third kappa shape index (κ3) is 2.49. The molecule has 1 aliphatic heterocycles. The van der Waals surface area contributed by atoms with E-state index in [4.69, 9.17) is 0 Å². The van der Waals surface area contributed by atoms with Crippen molar-refractivity contribution in [1.82, 2.24) is 0 Å². The molecule has 2 heteroatoms. The average Bonchev–Trinajstić information content (AvgIpc) is 2.35. The van der Waals surface area contributed by atoms with Crippen molar-refractivity contribution in [3.63, 3.8) is 0 Å². The van der Waals surface area contributed by atoms with Gasteiger partial charge in [0.05, 0.1) is 0 Å². The fourth-order valence-corrected chi connectivity index (χ4v) is 2.90. The van der Waals surface area contributed by atoms with Crippen LogP contribution in [0.15, 0.2) is 23.1 Å². The SMILES string of the molecule is CC(C)(C)c1ccc2c(c1)SC(=O)CCC2. The summed E-state index contributed by atoms with van der Waals surface area (Å²) in [6, 6.07) is 6.60. The van der Waals surface area contributed by atoms with Gasteiger partial charge in [0.15, 0.2) is 5.12 Å². The van der Waals surface area contributed by atoms with Gasteiger partial charge in [-0.15, -0.1) is 0 Å². The number of carbonyl (C=O) groups is 1. The summed E-state index contributed by atoms with van der Waals surface area (Å²) in [6.07, 6.45) is 2.75. The smallest absolute Gasteiger partial charge is 0.193 e. The number of hydrogen-bond donors (Lipinski definition) is 0. The highest BCUT2D eigenvalue weighted by Crippen LogP contribution is 2.33. The highest BCUT2D eigenvalue weighted by atomic mass is 32.2. The van der Waals surface area contributed by atoms with E-state index in [1.165, 1.54) is 27.8 Å². The molecule has 1 heterocycles. The molecule has 0 aliphatic carbocycles. The van der Waals surface area contributed by atoms with E-state index in [9.17, 15) is 4.79 Å². The van der Waals surface area contributed by atoms with Crippen LogP contribution in [0.3, 0.4) is 0 Å². The van der Waals surface area contributed by atoms with E-state index in [-0.39, 0.29) is 5.41 Å². The zero-order valence-corrected chi connectivity index (χ0v) is 11.0. The Hall–Kier alpha value is -0.760. The predicted molar refractivity (Wildman–Crippen MR) is 68.9 cm³/mol. The predicted octanol–water partition coefficient (Wildman–Crippen LogP) is 3.94. The van der Waals surface area contributed by atoms with Gasteiger partial charge in [-0.1, -0.05) is 44.7 Å². The molecule has 86 valence electrons. The second-order valence-electron chi connectivity index (χ2n) is 5.40. The fourth-order valence-electron chi connectivity index (χ4n) is 1.92. The average molecular weight is 234 g/mol. The van der Waals surface area contributed by atoms with Crippen LogP contribution in [0.2, 0.25) is 0 Å². The minimum Gasteiger partial charge on any atom is -0.287 e. The molecule has 0 amide bonds. The first-order chi connectivity index (χ1) is 7.47. The van der Waals surface area contributed by atoms with Crippen molar-refractivity contribution in [2.24, 2.45) is 0 Å². The molecule has 0 fully saturated rings. The van der Waals surface area contributed by atoms with Gasteiger partial charge in [-0.05, 0) is 35.4 Å². The van der Waals surface area contributed by atoms with Gasteiger partial charge >= 0.3 is 0 Å². The van der Waals surface area contributed by atoms with Gasteiger partial charge in [0.25, 0.3) is 0 Å². The maximum Gasteiger partial charge on any atom is 0.193 e. The lowest BCUT2D eigenvalue weighted by Gasteiger charge is -2.20. The standard InChI is InChI=1S/C14H18OS/c1-14(2,3)11-8-7-10-5-4-6-13(15)16-12(10)9-11/h7-9H,4-6H2,1-3H3. The lowest BCUT2D eigenvalue weighted by Crippen LogP contribution is -2.11. The molecule has 1 aromatic carbocycles. The van der Waals surface area contributed by atoms with Crippen LogP contribution in [-0.2, 0) is 16.6 Å². The van der Waals surface area contributed by atoms with Crippen LogP contribution in [0.25, 0.3) is 0 Å². The van der Waals surface area contributed by atoms with Crippen molar-refractivity contribution in [3.8, 4) is 0 Å². The summed E-state index contributed by atoms with van der Waals surface area (Å²) in [5.74, 6) is 0. The molecule has 1 aromatic rings. The van der Waals surface area contributed by atoms with Crippen molar-refractivity contribution < 1.29 is 4.79 Å². The van der Waals surface area contributed by atoms with Gasteiger partial charge in [-0.3, -0.25) is 4.79 Å². The Balaban J connectivity index is 2.40. The van der Waals surface area contributed by atoms with Crippen LogP contribution in [0.5, 0.6) is 0 Å². The van der Waals surface area contributed by atoms with Gasteiger partial charge in [-0.25, -0.2) is 0 Å². The number of carbonyl (C=O) groups excluding carboxylic acids is 1. The van der Waals surface area contributed by atoms with Crippen LogP contribution < -0.4 is 0 Å². The van der Waals surface area contributed by atoms with Crippen LogP contribution in [0, 0.1) is 0 Å². The molecular weight excluding hydrogens is 216 g/mol. The van der Waals surface area contributed by atoms with Crippen LogP contribution >= 0.6 is 11.8 Å². The summed E-state index contributed by atoms with van der Waals surface area (Å²) >= 11 is 1.42. The first kappa shape index (κ1) is 11.7. The largest absolute Gasteiger partial charge is 0.287 e. The summed E-state index contributed by atoms with van der Waals surface area (Å²) < 4.78 is 0. The second-order valence-corrected chi connectivity index (χ2v) is 6.50. The Morgan fingerprint density at radius 1 is 1.19 bits per heavy atom. The molecule has 1 nitrogen and oxygen atoms in total. The summed E-state index contributed by atoms with van der Waals surface area (Å²) in [6.45, 7) is 6.62. The lowest BCUT2D eigenvalue weighted by atomic mass is 9.86. The molecular formula is C14H18OS. The fraction of sp³-hybridized carbons (Fsp3) is 0.500. The van der Waals surface area contributed by atoms with E-state index in [0.717, 1.165) is 12.8 Å². The highest BCUT2D eigenvalue weighted by molar-refractivity contribution is 8.13. The Bertz CT molecular complexity index is 415. The Labute approximate surface area is 102 Å². The molecule has 0 radical (unpaired) electrons. The van der Waals surface area contributed by atoms with Crippen LogP contribution in [-0.4, -0.2) is 5.12 Å². The lowest BCUT2D eigenvalue weighted by molar-refractivity contribution is -0.111. The third-order valence-corrected chi connectivity index (χ3v) is 4.02. The number of rotatable bonds is 0. The number of hydrogen-bond acceptors (Lipinski definition) is 2. The van der Waals surface area contributed by atoms with E-state index in [1.54, 1.807) is 0 Å². The number of thioether (sulfide) groups is 1. The molecule has 2 rings (SSSR count). The van der Waals surface area contributed by atoms with E-state index in [1.807, 2.05) is 0 Å². The zero-order chi connectivity index (χ0) is 11.8. The minimum atomic E-state index is 0.158. The molecule has 0 atom stereocenters. The number of fused-ring (bicyclic) bond motifs is 1. The number of aryl methyl sites for hydroxylation is 1. The van der Waals surface area contributed by atoms with Crippen molar-refractivity contribution in [2.75, 3.05) is 0 Å². The minimum absolute atomic E-state index is 0.158. The highest BCUT2D eigenvalue weighted by Gasteiger charge is 2.19. The first-order valence-electron chi connectivity index (χ1n) is 5.81. The van der Waals surface area contributed by atoms with E-state index in [2.05, 4.69) is 39.0 Å². The second kappa shape index (κ2) is 4.25. The zero-order valence-electron chi connectivity index (χ0n) is 10.2. The molecule has 0 saturated heterocycles. The molecule has 1 aliphatic rings. The van der Waals surface area contributed by atoms with E-state index < -0.39 is 0 Å². The van der Waals surface area contributed by atoms with Crippen molar-refractivity contribution in [2.45, 2.75) is 50.3 Å². The molecule has 0 unspecified atom stereocenters. The maximum atomic E-state index is 11.6. The van der Waals surface area contributed by atoms with Crippen molar-refractivity contribution >= 4 is 16.9 Å². The quantitative estimate of drug-likeness (QED) is 0.676. The van der Waals surface area contributed by atoms with Gasteiger partial charge < -0.3 is 0 Å². The molecule has 0 aromatic heterocycles. The maximum absolute atomic E-state index is 11.6. The summed E-state index contributed by atoms with van der Waals surface area (Å²) in [7, 11) is 0. The molecule has 16 heavy (non-hydrogen) atoms. The van der Waals surface area contributed by atoms with Gasteiger partial charge in [-0.2, -0.15) is 0 Å². The van der Waals surface area contributed by atoms with Crippen molar-refractivity contribution in [1.29, 1.82) is 0 Å². The molecule has 0 bridgehead atoms. The van der Waals surface area contributed by atoms with Crippen molar-refractivity contribution in [3.05, 3.63) is 29.3 Å². The summed E-state index contributed by atoms with van der Waals surface area (Å²) in [5, 5.41) is 0.310. The first-order valence-corrected chi connectivity index (χ1v) is 6.62. The van der Waals surface area contributed by atoms with Crippen LogP contribution in [0.4, 0.5) is 0 Å². The van der Waals surface area contributed by atoms with E-state index >= 15 is 0 Å². The van der Waals surface area contributed by atoms with Gasteiger partial charge in [0, 0.05) is 11.3 Å². The Kier molecular flexibility index (Phi) is 3.11. The monoisotopic (exact) mass is 234 g/mol. The van der Waals surface area contributed by atoms with Crippen LogP contribution in [0.1, 0.15) is 44.7 Å². The summed E-state index contributed by atoms with van der Waals surface area (Å²) in [4.78, 5) is 12.7. The number of benzene rings is 1. The normalized spacial score (nSPS) is 16.8. The summed E-state index contributed by atoms with van der Waals surface area (Å²) in [5.41, 5.74) is 2.81. The Morgan fingerprint density at radius 2 is 1.94 bits per heavy atom. The molecule has 0 spiro atoms. The molecule has 0 N–H and O–H groups in total.